The van der Waals surface area contributed by atoms with Crippen LogP contribution in [0.5, 0.6) is 0 Å². The van der Waals surface area contributed by atoms with Gasteiger partial charge in [0.05, 0.1) is 12.2 Å². The average Bonchev–Trinajstić information content (AvgIpc) is 2.39. The minimum atomic E-state index is -0.896. The molecule has 0 heterocycles. The summed E-state index contributed by atoms with van der Waals surface area (Å²) in [6.07, 6.45) is 1.00. The molecule has 1 aromatic rings. The van der Waals surface area contributed by atoms with Crippen molar-refractivity contribution >= 4 is 11.7 Å². The molecule has 0 saturated carbocycles. The first-order valence-corrected chi connectivity index (χ1v) is 6.19. The maximum Gasteiger partial charge on any atom is 0.335 e. The molecule has 0 aliphatic heterocycles. The lowest BCUT2D eigenvalue weighted by Gasteiger charge is -2.30. The quantitative estimate of drug-likeness (QED) is 0.809. The van der Waals surface area contributed by atoms with Crippen LogP contribution in [-0.4, -0.2) is 37.4 Å². The van der Waals surface area contributed by atoms with Gasteiger partial charge in [-0.05, 0) is 31.5 Å². The number of benzene rings is 1. The van der Waals surface area contributed by atoms with E-state index in [1.54, 1.807) is 25.3 Å². The van der Waals surface area contributed by atoms with Gasteiger partial charge >= 0.3 is 5.97 Å². The molecule has 4 heteroatoms. The monoisotopic (exact) mass is 251 g/mol. The van der Waals surface area contributed by atoms with E-state index in [4.69, 9.17) is 9.84 Å². The van der Waals surface area contributed by atoms with Crippen LogP contribution in [0.4, 0.5) is 5.69 Å². The van der Waals surface area contributed by atoms with Crippen molar-refractivity contribution in [3.8, 4) is 0 Å². The molecule has 0 spiro atoms. The van der Waals surface area contributed by atoms with Crippen molar-refractivity contribution < 1.29 is 14.6 Å². The number of hydrogen-bond acceptors (Lipinski definition) is 3. The standard InChI is InChI=1S/C14H21NO3/c1-4-11(2)15(8-9-18-3)13-7-5-6-12(10-13)14(16)17/h5-7,10-11H,4,8-9H2,1-3H3,(H,16,17). The molecule has 0 aliphatic carbocycles. The second-order valence-corrected chi connectivity index (χ2v) is 4.30. The maximum absolute atomic E-state index is 11.0. The Kier molecular flexibility index (Phi) is 5.65. The molecule has 1 aromatic carbocycles. The number of ether oxygens (including phenoxy) is 1. The largest absolute Gasteiger partial charge is 0.478 e. The summed E-state index contributed by atoms with van der Waals surface area (Å²) in [4.78, 5) is 13.2. The lowest BCUT2D eigenvalue weighted by molar-refractivity contribution is 0.0697. The number of rotatable bonds is 7. The molecule has 0 radical (unpaired) electrons. The Hall–Kier alpha value is -1.55. The summed E-state index contributed by atoms with van der Waals surface area (Å²) in [7, 11) is 1.67. The second kappa shape index (κ2) is 7.01. The molecule has 1 rings (SSSR count). The number of aromatic carboxylic acids is 1. The van der Waals surface area contributed by atoms with Crippen LogP contribution in [-0.2, 0) is 4.74 Å². The van der Waals surface area contributed by atoms with Crippen molar-refractivity contribution in [2.45, 2.75) is 26.3 Å². The highest BCUT2D eigenvalue weighted by Crippen LogP contribution is 2.20. The molecule has 0 aromatic heterocycles. The summed E-state index contributed by atoms with van der Waals surface area (Å²) in [6, 6.07) is 7.39. The van der Waals surface area contributed by atoms with Crippen molar-refractivity contribution in [1.82, 2.24) is 0 Å². The summed E-state index contributed by atoms with van der Waals surface area (Å²) in [5.74, 6) is -0.896. The van der Waals surface area contributed by atoms with Gasteiger partial charge in [-0.15, -0.1) is 0 Å². The van der Waals surface area contributed by atoms with Crippen LogP contribution in [0.1, 0.15) is 30.6 Å². The highest BCUT2D eigenvalue weighted by Gasteiger charge is 2.14. The van der Waals surface area contributed by atoms with Crippen LogP contribution < -0.4 is 4.90 Å². The molecular formula is C14H21NO3. The van der Waals surface area contributed by atoms with Crippen molar-refractivity contribution in [3.05, 3.63) is 29.8 Å². The third-order valence-corrected chi connectivity index (χ3v) is 3.08. The number of hydrogen-bond donors (Lipinski definition) is 1. The Labute approximate surface area is 108 Å². The molecule has 0 amide bonds. The predicted molar refractivity (Wildman–Crippen MR) is 72.4 cm³/mol. The van der Waals surface area contributed by atoms with Gasteiger partial charge in [0.1, 0.15) is 0 Å². The van der Waals surface area contributed by atoms with Gasteiger partial charge < -0.3 is 14.7 Å². The van der Waals surface area contributed by atoms with E-state index < -0.39 is 5.97 Å². The van der Waals surface area contributed by atoms with Gasteiger partial charge in [0.15, 0.2) is 0 Å². The first kappa shape index (κ1) is 14.5. The van der Waals surface area contributed by atoms with Crippen LogP contribution in [0.15, 0.2) is 24.3 Å². The third kappa shape index (κ3) is 3.74. The van der Waals surface area contributed by atoms with E-state index in [1.165, 1.54) is 0 Å². The van der Waals surface area contributed by atoms with Gasteiger partial charge in [-0.3, -0.25) is 0 Å². The predicted octanol–water partition coefficient (Wildman–Crippen LogP) is 2.64. The summed E-state index contributed by atoms with van der Waals surface area (Å²) < 4.78 is 5.11. The normalized spacial score (nSPS) is 12.2. The van der Waals surface area contributed by atoms with Crippen LogP contribution in [0.2, 0.25) is 0 Å². The topological polar surface area (TPSA) is 49.8 Å². The molecular weight excluding hydrogens is 230 g/mol. The molecule has 1 N–H and O–H groups in total. The second-order valence-electron chi connectivity index (χ2n) is 4.30. The van der Waals surface area contributed by atoms with E-state index in [0.29, 0.717) is 18.2 Å². The SMILES string of the molecule is CCC(C)N(CCOC)c1cccc(C(=O)O)c1. The zero-order valence-electron chi connectivity index (χ0n) is 11.2. The van der Waals surface area contributed by atoms with E-state index in [-0.39, 0.29) is 0 Å². The van der Waals surface area contributed by atoms with E-state index in [0.717, 1.165) is 18.7 Å². The van der Waals surface area contributed by atoms with Crippen molar-refractivity contribution in [2.24, 2.45) is 0 Å². The van der Waals surface area contributed by atoms with Gasteiger partial charge in [-0.1, -0.05) is 13.0 Å². The summed E-state index contributed by atoms with van der Waals surface area (Å²) in [5.41, 5.74) is 1.25. The Morgan fingerprint density at radius 1 is 1.50 bits per heavy atom. The average molecular weight is 251 g/mol. The van der Waals surface area contributed by atoms with Crippen LogP contribution >= 0.6 is 0 Å². The Bertz CT molecular complexity index is 392. The molecule has 0 fully saturated rings. The molecule has 0 bridgehead atoms. The molecule has 0 aliphatic rings. The van der Waals surface area contributed by atoms with E-state index in [9.17, 15) is 4.79 Å². The zero-order chi connectivity index (χ0) is 13.5. The first-order chi connectivity index (χ1) is 8.60. The Morgan fingerprint density at radius 2 is 2.22 bits per heavy atom. The smallest absolute Gasteiger partial charge is 0.335 e. The lowest BCUT2D eigenvalue weighted by atomic mass is 10.1. The highest BCUT2D eigenvalue weighted by molar-refractivity contribution is 5.88. The minimum Gasteiger partial charge on any atom is -0.478 e. The number of carboxylic acids is 1. The van der Waals surface area contributed by atoms with Crippen LogP contribution in [0.25, 0.3) is 0 Å². The summed E-state index contributed by atoms with van der Waals surface area (Å²) >= 11 is 0. The van der Waals surface area contributed by atoms with Crippen molar-refractivity contribution in [2.75, 3.05) is 25.2 Å². The van der Waals surface area contributed by atoms with Gasteiger partial charge in [0, 0.05) is 25.4 Å². The third-order valence-electron chi connectivity index (χ3n) is 3.08. The summed E-state index contributed by atoms with van der Waals surface area (Å²) in [6.45, 7) is 5.63. The fraction of sp³-hybridized carbons (Fsp3) is 0.500. The molecule has 0 saturated heterocycles. The number of nitrogens with zero attached hydrogens (tertiary/aromatic N) is 1. The summed E-state index contributed by atoms with van der Waals surface area (Å²) in [5, 5.41) is 9.02. The Morgan fingerprint density at radius 3 is 2.78 bits per heavy atom. The van der Waals surface area contributed by atoms with Crippen molar-refractivity contribution in [3.63, 3.8) is 0 Å². The van der Waals surface area contributed by atoms with Crippen molar-refractivity contribution in [1.29, 1.82) is 0 Å². The number of carbonyl (C=O) groups is 1. The van der Waals surface area contributed by atoms with Gasteiger partial charge in [-0.2, -0.15) is 0 Å². The van der Waals surface area contributed by atoms with Gasteiger partial charge in [0.2, 0.25) is 0 Å². The van der Waals surface area contributed by atoms with E-state index >= 15 is 0 Å². The number of anilines is 1. The molecule has 1 atom stereocenters. The fourth-order valence-corrected chi connectivity index (χ4v) is 1.83. The van der Waals surface area contributed by atoms with Gasteiger partial charge in [0.25, 0.3) is 0 Å². The highest BCUT2D eigenvalue weighted by atomic mass is 16.5. The van der Waals surface area contributed by atoms with E-state index in [2.05, 4.69) is 18.7 Å². The zero-order valence-corrected chi connectivity index (χ0v) is 11.2. The maximum atomic E-state index is 11.0. The minimum absolute atomic E-state index is 0.318. The lowest BCUT2D eigenvalue weighted by Crippen LogP contribution is -2.35. The fourth-order valence-electron chi connectivity index (χ4n) is 1.83. The molecule has 1 unspecified atom stereocenters. The molecule has 18 heavy (non-hydrogen) atoms. The first-order valence-electron chi connectivity index (χ1n) is 6.19. The number of methoxy groups -OCH3 is 1. The molecule has 100 valence electrons. The van der Waals surface area contributed by atoms with Gasteiger partial charge in [-0.25, -0.2) is 4.79 Å². The molecule has 4 nitrogen and oxygen atoms in total. The van der Waals surface area contributed by atoms with E-state index in [1.807, 2.05) is 6.07 Å². The van der Waals surface area contributed by atoms with Crippen LogP contribution in [0, 0.1) is 0 Å². The number of carboxylic acid groups (broad SMARTS) is 1. The van der Waals surface area contributed by atoms with Crippen LogP contribution in [0.3, 0.4) is 0 Å². The Balaban J connectivity index is 2.96.